The molecule has 0 saturated heterocycles. The highest BCUT2D eigenvalue weighted by molar-refractivity contribution is 6.62. The fraction of sp³-hybridized carbons (Fsp3) is 0.182. The van der Waals surface area contributed by atoms with Crippen molar-refractivity contribution in [2.75, 3.05) is 12.0 Å². The van der Waals surface area contributed by atoms with E-state index in [-0.39, 0.29) is 6.61 Å². The van der Waals surface area contributed by atoms with Gasteiger partial charge in [-0.2, -0.15) is 5.10 Å². The van der Waals surface area contributed by atoms with E-state index < -0.39 is 17.7 Å². The minimum absolute atomic E-state index is 0.0937. The molecule has 0 atom stereocenters. The Kier molecular flexibility index (Phi) is 4.68. The number of aliphatic carboxylic acids is 1. The number of ether oxygens (including phenoxy) is 1. The topological polar surface area (TPSA) is 88.0 Å². The summed E-state index contributed by atoms with van der Waals surface area (Å²) in [5.41, 5.74) is 2.37. The fourth-order valence-electron chi connectivity index (χ4n) is 1.01. The van der Waals surface area contributed by atoms with Gasteiger partial charge in [0.1, 0.15) is 0 Å². The molecular weight excluding hydrogens is 224 g/mol. The Morgan fingerprint density at radius 3 is 2.53 bits per heavy atom. The van der Waals surface area contributed by atoms with E-state index in [0.29, 0.717) is 5.69 Å². The number of carboxylic acid groups (broad SMARTS) is 1. The second-order valence-electron chi connectivity index (χ2n) is 2.96. The molecule has 2 N–H and O–H groups in total. The summed E-state index contributed by atoms with van der Waals surface area (Å²) < 4.78 is 4.56. The summed E-state index contributed by atoms with van der Waals surface area (Å²) >= 11 is 0. The number of rotatable bonds is 5. The van der Waals surface area contributed by atoms with Gasteiger partial charge in [-0.3, -0.25) is 5.43 Å². The van der Waals surface area contributed by atoms with Gasteiger partial charge in [-0.05, 0) is 19.1 Å². The predicted molar refractivity (Wildman–Crippen MR) is 61.8 cm³/mol. The number of benzene rings is 1. The molecule has 0 radical (unpaired) electrons. The first kappa shape index (κ1) is 12.7. The molecule has 1 rings (SSSR count). The normalized spacial score (nSPS) is 10.8. The predicted octanol–water partition coefficient (Wildman–Crippen LogP) is 1.10. The smallest absolute Gasteiger partial charge is 0.366 e. The first-order valence-corrected chi connectivity index (χ1v) is 4.94. The van der Waals surface area contributed by atoms with E-state index in [9.17, 15) is 9.59 Å². The zero-order chi connectivity index (χ0) is 12.7. The van der Waals surface area contributed by atoms with Crippen LogP contribution in [0.4, 0.5) is 5.69 Å². The molecule has 17 heavy (non-hydrogen) atoms. The SMILES string of the molecule is CCOC(=O)/C(=N\Nc1ccccc1)C(=O)O. The zero-order valence-corrected chi connectivity index (χ0v) is 9.21. The summed E-state index contributed by atoms with van der Waals surface area (Å²) in [5, 5.41) is 12.3. The standard InChI is InChI=1S/C11H12N2O4/c1-2-17-11(16)9(10(14)15)13-12-8-6-4-3-5-7-8/h3-7,12H,2H2,1H3,(H,14,15)/b13-9-. The number of hydrogen-bond acceptors (Lipinski definition) is 5. The van der Waals surface area contributed by atoms with E-state index in [4.69, 9.17) is 5.11 Å². The molecule has 90 valence electrons. The number of carboxylic acids is 1. The highest BCUT2D eigenvalue weighted by Gasteiger charge is 2.21. The fourth-order valence-corrected chi connectivity index (χ4v) is 1.01. The Balaban J connectivity index is 2.78. The van der Waals surface area contributed by atoms with Gasteiger partial charge in [0.25, 0.3) is 5.71 Å². The summed E-state index contributed by atoms with van der Waals surface area (Å²) in [6, 6.07) is 8.69. The van der Waals surface area contributed by atoms with E-state index >= 15 is 0 Å². The Morgan fingerprint density at radius 2 is 2.00 bits per heavy atom. The average molecular weight is 236 g/mol. The van der Waals surface area contributed by atoms with Crippen LogP contribution < -0.4 is 5.43 Å². The van der Waals surface area contributed by atoms with Crippen molar-refractivity contribution in [1.82, 2.24) is 0 Å². The van der Waals surface area contributed by atoms with Crippen molar-refractivity contribution >= 4 is 23.3 Å². The monoisotopic (exact) mass is 236 g/mol. The molecule has 1 aromatic rings. The first-order chi connectivity index (χ1) is 8.15. The lowest BCUT2D eigenvalue weighted by Crippen LogP contribution is -2.27. The Bertz CT molecular complexity index is 428. The molecule has 1 aromatic carbocycles. The third kappa shape index (κ3) is 3.94. The minimum atomic E-state index is -1.44. The third-order valence-corrected chi connectivity index (χ3v) is 1.74. The molecule has 0 heterocycles. The van der Waals surface area contributed by atoms with Crippen LogP contribution in [0.25, 0.3) is 0 Å². The maximum Gasteiger partial charge on any atom is 0.366 e. The number of nitrogens with zero attached hydrogens (tertiary/aromatic N) is 1. The maximum atomic E-state index is 11.2. The van der Waals surface area contributed by atoms with Crippen LogP contribution in [0.1, 0.15) is 6.92 Å². The van der Waals surface area contributed by atoms with Crippen molar-refractivity contribution in [2.45, 2.75) is 6.92 Å². The van der Waals surface area contributed by atoms with E-state index in [1.54, 1.807) is 37.3 Å². The Morgan fingerprint density at radius 1 is 1.35 bits per heavy atom. The number of nitrogens with one attached hydrogen (secondary N) is 1. The van der Waals surface area contributed by atoms with E-state index in [0.717, 1.165) is 0 Å². The number of para-hydroxylation sites is 1. The molecule has 0 amide bonds. The second-order valence-corrected chi connectivity index (χ2v) is 2.96. The van der Waals surface area contributed by atoms with Gasteiger partial charge in [0.15, 0.2) is 0 Å². The largest absolute Gasteiger partial charge is 0.476 e. The molecule has 0 aliphatic rings. The van der Waals surface area contributed by atoms with Crippen LogP contribution in [-0.2, 0) is 14.3 Å². The summed E-state index contributed by atoms with van der Waals surface area (Å²) in [6.45, 7) is 1.68. The lowest BCUT2D eigenvalue weighted by Gasteiger charge is -2.03. The molecule has 6 nitrogen and oxygen atoms in total. The first-order valence-electron chi connectivity index (χ1n) is 4.94. The van der Waals surface area contributed by atoms with Crippen LogP contribution in [-0.4, -0.2) is 29.4 Å². The Labute approximate surface area is 97.9 Å². The lowest BCUT2D eigenvalue weighted by molar-refractivity contribution is -0.138. The molecule has 0 bridgehead atoms. The highest BCUT2D eigenvalue weighted by Crippen LogP contribution is 2.04. The number of anilines is 1. The van der Waals surface area contributed by atoms with Gasteiger partial charge in [0.05, 0.1) is 12.3 Å². The van der Waals surface area contributed by atoms with Gasteiger partial charge in [0, 0.05) is 0 Å². The molecule has 0 unspecified atom stereocenters. The van der Waals surface area contributed by atoms with Crippen molar-refractivity contribution in [1.29, 1.82) is 0 Å². The second kappa shape index (κ2) is 6.26. The summed E-state index contributed by atoms with van der Waals surface area (Å²) in [4.78, 5) is 22.0. The summed E-state index contributed by atoms with van der Waals surface area (Å²) in [6.07, 6.45) is 0. The van der Waals surface area contributed by atoms with Gasteiger partial charge in [-0.1, -0.05) is 18.2 Å². The molecule has 0 spiro atoms. The average Bonchev–Trinajstić information content (AvgIpc) is 2.30. The van der Waals surface area contributed by atoms with Crippen molar-refractivity contribution in [3.63, 3.8) is 0 Å². The molecule has 0 aliphatic heterocycles. The summed E-state index contributed by atoms with van der Waals surface area (Å²) in [7, 11) is 0. The highest BCUT2D eigenvalue weighted by atomic mass is 16.5. The number of carbonyl (C=O) groups is 2. The van der Waals surface area contributed by atoms with E-state index in [2.05, 4.69) is 15.3 Å². The number of hydrazone groups is 1. The molecule has 0 aliphatic carbocycles. The zero-order valence-electron chi connectivity index (χ0n) is 9.21. The van der Waals surface area contributed by atoms with Gasteiger partial charge in [-0.15, -0.1) is 0 Å². The summed E-state index contributed by atoms with van der Waals surface area (Å²) in [5.74, 6) is -2.41. The maximum absolute atomic E-state index is 11.2. The number of esters is 1. The number of hydrogen-bond donors (Lipinski definition) is 2. The van der Waals surface area contributed by atoms with Crippen LogP contribution in [0.3, 0.4) is 0 Å². The van der Waals surface area contributed by atoms with Gasteiger partial charge in [0.2, 0.25) is 0 Å². The molecule has 0 saturated carbocycles. The van der Waals surface area contributed by atoms with Crippen LogP contribution >= 0.6 is 0 Å². The molecule has 6 heteroatoms. The van der Waals surface area contributed by atoms with Crippen molar-refractivity contribution < 1.29 is 19.4 Å². The minimum Gasteiger partial charge on any atom is -0.476 e. The van der Waals surface area contributed by atoms with Crippen molar-refractivity contribution in [3.05, 3.63) is 30.3 Å². The number of carbonyl (C=O) groups excluding carboxylic acids is 1. The van der Waals surface area contributed by atoms with Crippen LogP contribution in [0, 0.1) is 0 Å². The van der Waals surface area contributed by atoms with Crippen molar-refractivity contribution in [3.8, 4) is 0 Å². The van der Waals surface area contributed by atoms with Crippen LogP contribution in [0.15, 0.2) is 35.4 Å². The molecule has 0 aromatic heterocycles. The van der Waals surface area contributed by atoms with Gasteiger partial charge in [-0.25, -0.2) is 9.59 Å². The van der Waals surface area contributed by atoms with Gasteiger partial charge >= 0.3 is 11.9 Å². The van der Waals surface area contributed by atoms with E-state index in [1.807, 2.05) is 0 Å². The third-order valence-electron chi connectivity index (χ3n) is 1.74. The van der Waals surface area contributed by atoms with Crippen molar-refractivity contribution in [2.24, 2.45) is 5.10 Å². The van der Waals surface area contributed by atoms with Crippen LogP contribution in [0.5, 0.6) is 0 Å². The lowest BCUT2D eigenvalue weighted by atomic mass is 10.3. The van der Waals surface area contributed by atoms with Gasteiger partial charge < -0.3 is 9.84 Å². The molecular formula is C11H12N2O4. The van der Waals surface area contributed by atoms with Crippen LogP contribution in [0.2, 0.25) is 0 Å². The van der Waals surface area contributed by atoms with E-state index in [1.165, 1.54) is 0 Å². The quantitative estimate of drug-likeness (QED) is 0.346. The molecule has 0 fully saturated rings. The Hall–Kier alpha value is -2.37.